The van der Waals surface area contributed by atoms with E-state index in [-0.39, 0.29) is 12.6 Å². The smallest absolute Gasteiger partial charge is 0.319 e. The summed E-state index contributed by atoms with van der Waals surface area (Å²) in [5.74, 6) is 5.58. The Bertz CT molecular complexity index is 463. The molecule has 0 aromatic heterocycles. The molecule has 0 unspecified atom stereocenters. The molecule has 0 aliphatic rings. The van der Waals surface area contributed by atoms with Crippen molar-refractivity contribution in [1.29, 1.82) is 0 Å². The van der Waals surface area contributed by atoms with E-state index in [1.165, 1.54) is 0 Å². The first-order valence-corrected chi connectivity index (χ1v) is 5.58. The molecule has 0 saturated heterocycles. The largest absolute Gasteiger partial charge is 0.338 e. The van der Waals surface area contributed by atoms with Gasteiger partial charge < -0.3 is 16.4 Å². The van der Waals surface area contributed by atoms with Crippen molar-refractivity contribution in [2.45, 2.75) is 6.92 Å². The summed E-state index contributed by atoms with van der Waals surface area (Å²) < 4.78 is 0. The molecule has 0 spiro atoms. The average molecular weight is 252 g/mol. The number of amides is 2. The van der Waals surface area contributed by atoms with Gasteiger partial charge in [-0.3, -0.25) is 0 Å². The Balaban J connectivity index is 2.94. The van der Waals surface area contributed by atoms with Gasteiger partial charge in [-0.05, 0) is 25.1 Å². The second kappa shape index (κ2) is 6.79. The van der Waals surface area contributed by atoms with E-state index in [1.807, 2.05) is 6.92 Å². The summed E-state index contributed by atoms with van der Waals surface area (Å²) in [5, 5.41) is 5.89. The third-order valence-electron chi connectivity index (χ3n) is 1.89. The highest BCUT2D eigenvalue weighted by Crippen LogP contribution is 2.19. The van der Waals surface area contributed by atoms with E-state index in [1.54, 1.807) is 18.2 Å². The van der Waals surface area contributed by atoms with Gasteiger partial charge in [0.25, 0.3) is 0 Å². The van der Waals surface area contributed by atoms with Crippen LogP contribution in [0.4, 0.5) is 10.5 Å². The highest BCUT2D eigenvalue weighted by molar-refractivity contribution is 6.30. The van der Waals surface area contributed by atoms with Crippen molar-refractivity contribution in [3.05, 3.63) is 28.8 Å². The zero-order valence-electron chi connectivity index (χ0n) is 9.51. The minimum Gasteiger partial charge on any atom is -0.338 e. The Morgan fingerprint density at radius 1 is 1.53 bits per heavy atom. The van der Waals surface area contributed by atoms with E-state index in [0.29, 0.717) is 22.8 Å². The Morgan fingerprint density at radius 2 is 2.29 bits per heavy atom. The number of anilines is 1. The molecule has 0 fully saturated rings. The van der Waals surface area contributed by atoms with Crippen LogP contribution in [0, 0.1) is 11.8 Å². The van der Waals surface area contributed by atoms with Crippen molar-refractivity contribution >= 4 is 23.3 Å². The molecule has 1 aromatic carbocycles. The van der Waals surface area contributed by atoms with Crippen LogP contribution in [0.2, 0.25) is 5.02 Å². The van der Waals surface area contributed by atoms with Crippen LogP contribution in [-0.4, -0.2) is 19.1 Å². The zero-order chi connectivity index (χ0) is 12.7. The molecule has 0 aliphatic carbocycles. The molecule has 0 bridgehead atoms. The van der Waals surface area contributed by atoms with Crippen molar-refractivity contribution < 1.29 is 4.79 Å². The molecule has 0 saturated carbocycles. The van der Waals surface area contributed by atoms with E-state index in [4.69, 9.17) is 17.3 Å². The van der Waals surface area contributed by atoms with Crippen LogP contribution in [-0.2, 0) is 0 Å². The van der Waals surface area contributed by atoms with Gasteiger partial charge in [0.05, 0.1) is 12.2 Å². The number of carbonyl (C=O) groups excluding carboxylic acids is 1. The maximum Gasteiger partial charge on any atom is 0.319 e. The van der Waals surface area contributed by atoms with Gasteiger partial charge in [0, 0.05) is 17.1 Å². The fourth-order valence-corrected chi connectivity index (χ4v) is 1.37. The van der Waals surface area contributed by atoms with Crippen LogP contribution in [0.25, 0.3) is 0 Å². The summed E-state index contributed by atoms with van der Waals surface area (Å²) >= 11 is 5.87. The van der Waals surface area contributed by atoms with Gasteiger partial charge in [0.2, 0.25) is 0 Å². The summed E-state index contributed by atoms with van der Waals surface area (Å²) in [4.78, 5) is 11.4. The Kier molecular flexibility index (Phi) is 5.34. The van der Waals surface area contributed by atoms with E-state index in [2.05, 4.69) is 22.5 Å². The summed E-state index contributed by atoms with van der Waals surface area (Å²) in [6, 6.07) is 4.81. The van der Waals surface area contributed by atoms with Crippen molar-refractivity contribution in [2.75, 3.05) is 18.4 Å². The number of benzene rings is 1. The lowest BCUT2D eigenvalue weighted by molar-refractivity contribution is 0.252. The van der Waals surface area contributed by atoms with Crippen molar-refractivity contribution in [3.63, 3.8) is 0 Å². The molecule has 1 aromatic rings. The molecule has 90 valence electrons. The topological polar surface area (TPSA) is 67.2 Å². The first kappa shape index (κ1) is 13.4. The van der Waals surface area contributed by atoms with E-state index >= 15 is 0 Å². The molecular weight excluding hydrogens is 238 g/mol. The molecule has 0 radical (unpaired) electrons. The number of hydrogen-bond donors (Lipinski definition) is 3. The van der Waals surface area contributed by atoms with Crippen molar-refractivity contribution in [3.8, 4) is 11.8 Å². The average Bonchev–Trinajstić information content (AvgIpc) is 2.30. The SMILES string of the molecule is CCNC(=O)Nc1ccc(Cl)cc1C#CCN. The number of halogens is 1. The molecule has 4 nitrogen and oxygen atoms in total. The maximum atomic E-state index is 11.4. The van der Waals surface area contributed by atoms with Gasteiger partial charge in [-0.25, -0.2) is 4.79 Å². The van der Waals surface area contributed by atoms with Crippen molar-refractivity contribution in [1.82, 2.24) is 5.32 Å². The molecule has 0 aliphatic heterocycles. The summed E-state index contributed by atoms with van der Waals surface area (Å²) in [6.07, 6.45) is 0. The predicted octanol–water partition coefficient (Wildman–Crippen LogP) is 1.79. The lowest BCUT2D eigenvalue weighted by atomic mass is 10.2. The van der Waals surface area contributed by atoms with Crippen LogP contribution in [0.15, 0.2) is 18.2 Å². The molecule has 4 N–H and O–H groups in total. The van der Waals surface area contributed by atoms with Gasteiger partial charge in [0.1, 0.15) is 0 Å². The summed E-state index contributed by atoms with van der Waals surface area (Å²) in [6.45, 7) is 2.66. The third-order valence-corrected chi connectivity index (χ3v) is 2.13. The standard InChI is InChI=1S/C12H14ClN3O/c1-2-15-12(17)16-11-6-5-10(13)8-9(11)4-3-7-14/h5-6,8H,2,7,14H2,1H3,(H2,15,16,17). The lowest BCUT2D eigenvalue weighted by Crippen LogP contribution is -2.28. The quantitative estimate of drug-likeness (QED) is 0.702. The minimum absolute atomic E-state index is 0.257. The van der Waals surface area contributed by atoms with Gasteiger partial charge in [-0.1, -0.05) is 23.4 Å². The number of rotatable bonds is 2. The molecule has 0 atom stereocenters. The Labute approximate surface area is 106 Å². The van der Waals surface area contributed by atoms with E-state index in [9.17, 15) is 4.79 Å². The fourth-order valence-electron chi connectivity index (χ4n) is 1.20. The number of urea groups is 1. The number of hydrogen-bond acceptors (Lipinski definition) is 2. The van der Waals surface area contributed by atoms with Gasteiger partial charge >= 0.3 is 6.03 Å². The summed E-state index contributed by atoms with van der Waals surface area (Å²) in [7, 11) is 0. The van der Waals surface area contributed by atoms with Gasteiger partial charge in [0.15, 0.2) is 0 Å². The zero-order valence-corrected chi connectivity index (χ0v) is 10.3. The minimum atomic E-state index is -0.273. The Hall–Kier alpha value is -1.70. The highest BCUT2D eigenvalue weighted by Gasteiger charge is 2.04. The molecule has 2 amide bonds. The van der Waals surface area contributed by atoms with Crippen LogP contribution in [0.1, 0.15) is 12.5 Å². The molecule has 1 rings (SSSR count). The normalized spacial score (nSPS) is 9.12. The van der Waals surface area contributed by atoms with Crippen molar-refractivity contribution in [2.24, 2.45) is 5.73 Å². The van der Waals surface area contributed by atoms with Crippen LogP contribution >= 0.6 is 11.6 Å². The van der Waals surface area contributed by atoms with Crippen LogP contribution in [0.5, 0.6) is 0 Å². The predicted molar refractivity (Wildman–Crippen MR) is 70.1 cm³/mol. The molecule has 0 heterocycles. The molecule has 5 heteroatoms. The fraction of sp³-hybridized carbons (Fsp3) is 0.250. The second-order valence-corrected chi connectivity index (χ2v) is 3.62. The summed E-state index contributed by atoms with van der Waals surface area (Å²) in [5.41, 5.74) is 6.57. The highest BCUT2D eigenvalue weighted by atomic mass is 35.5. The monoisotopic (exact) mass is 251 g/mol. The van der Waals surface area contributed by atoms with Crippen LogP contribution in [0.3, 0.4) is 0 Å². The number of nitrogens with one attached hydrogen (secondary N) is 2. The number of nitrogens with two attached hydrogens (primary N) is 1. The maximum absolute atomic E-state index is 11.4. The first-order valence-electron chi connectivity index (χ1n) is 5.20. The first-order chi connectivity index (χ1) is 8.17. The second-order valence-electron chi connectivity index (χ2n) is 3.18. The van der Waals surface area contributed by atoms with Gasteiger partial charge in [-0.15, -0.1) is 0 Å². The lowest BCUT2D eigenvalue weighted by Gasteiger charge is -2.08. The van der Waals surface area contributed by atoms with E-state index < -0.39 is 0 Å². The van der Waals surface area contributed by atoms with E-state index in [0.717, 1.165) is 0 Å². The third kappa shape index (κ3) is 4.35. The molecule has 17 heavy (non-hydrogen) atoms. The van der Waals surface area contributed by atoms with Gasteiger partial charge in [-0.2, -0.15) is 0 Å². The molecular formula is C12H14ClN3O. The van der Waals surface area contributed by atoms with Crippen LogP contribution < -0.4 is 16.4 Å². The Morgan fingerprint density at radius 3 is 2.94 bits per heavy atom. The number of carbonyl (C=O) groups is 1.